The van der Waals surface area contributed by atoms with Gasteiger partial charge in [-0.25, -0.2) is 9.97 Å². The van der Waals surface area contributed by atoms with Crippen LogP contribution in [-0.4, -0.2) is 50.4 Å². The van der Waals surface area contributed by atoms with Crippen LogP contribution in [0.1, 0.15) is 68.9 Å². The van der Waals surface area contributed by atoms with Gasteiger partial charge in [-0.2, -0.15) is 0 Å². The Kier molecular flexibility index (Phi) is 8.59. The van der Waals surface area contributed by atoms with E-state index in [2.05, 4.69) is 72.7 Å². The molecule has 4 aromatic rings. The molecule has 9 heteroatoms. The molecule has 0 saturated carbocycles. The molecule has 1 saturated heterocycles. The fraction of sp³-hybridized carbons (Fsp3) is 0.394. The lowest BCUT2D eigenvalue weighted by Crippen LogP contribution is -2.37. The van der Waals surface area contributed by atoms with Gasteiger partial charge in [0.2, 0.25) is 11.9 Å². The highest BCUT2D eigenvalue weighted by atomic mass is 16.3. The summed E-state index contributed by atoms with van der Waals surface area (Å²) in [4.78, 5) is 36.7. The van der Waals surface area contributed by atoms with Gasteiger partial charge in [-0.1, -0.05) is 45.5 Å². The second-order valence-corrected chi connectivity index (χ2v) is 12.1. The first-order valence-corrected chi connectivity index (χ1v) is 14.6. The van der Waals surface area contributed by atoms with Gasteiger partial charge in [-0.05, 0) is 67.5 Å². The first kappa shape index (κ1) is 29.3. The summed E-state index contributed by atoms with van der Waals surface area (Å²) in [6.45, 7) is 14.6. The quantitative estimate of drug-likeness (QED) is 0.245. The Morgan fingerprint density at radius 1 is 1.17 bits per heavy atom. The summed E-state index contributed by atoms with van der Waals surface area (Å²) >= 11 is 0. The topological polar surface area (TPSA) is 105 Å². The average molecular weight is 569 g/mol. The van der Waals surface area contributed by atoms with Crippen LogP contribution in [0.25, 0.3) is 22.4 Å². The van der Waals surface area contributed by atoms with Crippen LogP contribution in [0.5, 0.6) is 0 Å². The Labute approximate surface area is 247 Å². The molecule has 0 bridgehead atoms. The highest BCUT2D eigenvalue weighted by Gasteiger charge is 2.26. The SMILES string of the molecule is C=CC(=O)N1CCC[C@@H](n2c(NC(=O)c3cccc(-c4cnco4)c3)nc3cc(CN[C@@H](C)C(C)(C)C)ccc32)CC1. The number of imidazole rings is 1. The molecule has 0 aliphatic carbocycles. The predicted molar refractivity (Wildman–Crippen MR) is 165 cm³/mol. The van der Waals surface area contributed by atoms with Crippen molar-refractivity contribution in [1.82, 2.24) is 24.8 Å². The number of oxazole rings is 1. The number of likely N-dealkylation sites (tertiary alicyclic amines) is 1. The van der Waals surface area contributed by atoms with Gasteiger partial charge in [0.1, 0.15) is 0 Å². The van der Waals surface area contributed by atoms with Crippen LogP contribution in [0.4, 0.5) is 5.95 Å². The van der Waals surface area contributed by atoms with E-state index in [1.807, 2.05) is 17.0 Å². The lowest BCUT2D eigenvalue weighted by atomic mass is 9.88. The maximum atomic E-state index is 13.5. The zero-order chi connectivity index (χ0) is 29.9. The van der Waals surface area contributed by atoms with Gasteiger partial charge in [-0.3, -0.25) is 14.9 Å². The van der Waals surface area contributed by atoms with E-state index in [0.717, 1.165) is 48.0 Å². The molecule has 0 unspecified atom stereocenters. The molecule has 5 rings (SSSR count). The first-order valence-electron chi connectivity index (χ1n) is 14.6. The molecule has 2 aromatic heterocycles. The van der Waals surface area contributed by atoms with E-state index in [9.17, 15) is 9.59 Å². The van der Waals surface area contributed by atoms with E-state index in [4.69, 9.17) is 9.40 Å². The van der Waals surface area contributed by atoms with E-state index in [1.54, 1.807) is 18.3 Å². The number of benzene rings is 2. The minimum absolute atomic E-state index is 0.0482. The van der Waals surface area contributed by atoms with Crippen molar-refractivity contribution in [3.05, 3.63) is 78.8 Å². The van der Waals surface area contributed by atoms with Crippen molar-refractivity contribution in [2.24, 2.45) is 5.41 Å². The number of nitrogens with zero attached hydrogens (tertiary/aromatic N) is 4. The molecule has 1 fully saturated rings. The summed E-state index contributed by atoms with van der Waals surface area (Å²) in [7, 11) is 0. The predicted octanol–water partition coefficient (Wildman–Crippen LogP) is 6.21. The molecule has 2 amide bonds. The van der Waals surface area contributed by atoms with Crippen molar-refractivity contribution < 1.29 is 14.0 Å². The third-order valence-electron chi connectivity index (χ3n) is 8.28. The van der Waals surface area contributed by atoms with Gasteiger partial charge in [-0.15, -0.1) is 0 Å². The Morgan fingerprint density at radius 2 is 2.00 bits per heavy atom. The lowest BCUT2D eigenvalue weighted by Gasteiger charge is -2.28. The minimum atomic E-state index is -0.258. The smallest absolute Gasteiger partial charge is 0.257 e. The van der Waals surface area contributed by atoms with Crippen LogP contribution < -0.4 is 10.6 Å². The number of nitrogens with one attached hydrogen (secondary N) is 2. The van der Waals surface area contributed by atoms with Crippen molar-refractivity contribution in [3.63, 3.8) is 0 Å². The third kappa shape index (κ3) is 6.46. The number of carbonyl (C=O) groups excluding carboxylic acids is 2. The first-order chi connectivity index (χ1) is 20.1. The molecule has 0 spiro atoms. The van der Waals surface area contributed by atoms with Crippen LogP contribution in [-0.2, 0) is 11.3 Å². The summed E-state index contributed by atoms with van der Waals surface area (Å²) in [6.07, 6.45) is 6.83. The summed E-state index contributed by atoms with van der Waals surface area (Å²) < 4.78 is 7.57. The Balaban J connectivity index is 1.46. The minimum Gasteiger partial charge on any atom is -0.444 e. The molecule has 9 nitrogen and oxygen atoms in total. The van der Waals surface area contributed by atoms with Gasteiger partial charge in [0.15, 0.2) is 12.2 Å². The summed E-state index contributed by atoms with van der Waals surface area (Å²) in [5.74, 6) is 0.788. The lowest BCUT2D eigenvalue weighted by molar-refractivity contribution is -0.125. The molecule has 42 heavy (non-hydrogen) atoms. The van der Waals surface area contributed by atoms with Crippen LogP contribution in [0.15, 0.2) is 72.1 Å². The molecule has 220 valence electrons. The number of hydrogen-bond donors (Lipinski definition) is 2. The Morgan fingerprint density at radius 3 is 2.74 bits per heavy atom. The second kappa shape index (κ2) is 12.3. The van der Waals surface area contributed by atoms with Crippen molar-refractivity contribution in [1.29, 1.82) is 0 Å². The van der Waals surface area contributed by atoms with Gasteiger partial charge in [0.25, 0.3) is 5.91 Å². The van der Waals surface area contributed by atoms with E-state index >= 15 is 0 Å². The van der Waals surface area contributed by atoms with E-state index in [0.29, 0.717) is 36.4 Å². The number of amides is 2. The molecule has 1 aliphatic rings. The Bertz CT molecular complexity index is 1570. The monoisotopic (exact) mass is 568 g/mol. The number of fused-ring (bicyclic) bond motifs is 1. The maximum Gasteiger partial charge on any atom is 0.257 e. The summed E-state index contributed by atoms with van der Waals surface area (Å²) in [5, 5.41) is 6.72. The number of hydrogen-bond acceptors (Lipinski definition) is 6. The molecular weight excluding hydrogens is 528 g/mol. The van der Waals surface area contributed by atoms with Crippen molar-refractivity contribution in [2.45, 2.75) is 65.6 Å². The number of aromatic nitrogens is 3. The van der Waals surface area contributed by atoms with Crippen LogP contribution in [0.2, 0.25) is 0 Å². The number of carbonyl (C=O) groups is 2. The highest BCUT2D eigenvalue weighted by Crippen LogP contribution is 2.32. The summed E-state index contributed by atoms with van der Waals surface area (Å²) in [5.41, 5.74) is 4.32. The van der Waals surface area contributed by atoms with Crippen LogP contribution in [0, 0.1) is 5.41 Å². The molecule has 2 aromatic carbocycles. The van der Waals surface area contributed by atoms with E-state index < -0.39 is 0 Å². The Hall–Kier alpha value is -4.24. The third-order valence-corrected chi connectivity index (χ3v) is 8.28. The standard InChI is InChI=1S/C33H40N6O3/c1-6-30(40)38-15-8-11-26(14-16-38)39-28-13-12-23(19-35-22(2)33(3,4)5)17-27(28)36-32(39)37-31(41)25-10-7-9-24(18-25)29-20-34-21-42-29/h6-7,9-10,12-13,17-18,20-22,26,35H,1,8,11,14-16,19H2,2-5H3,(H,36,37,41)/t22-,26+/m0/s1. The largest absolute Gasteiger partial charge is 0.444 e. The van der Waals surface area contributed by atoms with Gasteiger partial charge < -0.3 is 19.2 Å². The average Bonchev–Trinajstić information content (AvgIpc) is 3.57. The molecule has 2 N–H and O–H groups in total. The molecule has 2 atom stereocenters. The van der Waals surface area contributed by atoms with E-state index in [1.165, 1.54) is 12.5 Å². The van der Waals surface area contributed by atoms with Gasteiger partial charge in [0, 0.05) is 42.8 Å². The molecule has 3 heterocycles. The maximum absolute atomic E-state index is 13.5. The van der Waals surface area contributed by atoms with Crippen molar-refractivity contribution in [3.8, 4) is 11.3 Å². The number of rotatable bonds is 8. The fourth-order valence-corrected chi connectivity index (χ4v) is 5.32. The van der Waals surface area contributed by atoms with Gasteiger partial charge in [0.05, 0.1) is 17.2 Å². The van der Waals surface area contributed by atoms with E-state index in [-0.39, 0.29) is 23.3 Å². The fourth-order valence-electron chi connectivity index (χ4n) is 5.32. The van der Waals surface area contributed by atoms with Gasteiger partial charge >= 0.3 is 0 Å². The zero-order valence-corrected chi connectivity index (χ0v) is 24.9. The summed E-state index contributed by atoms with van der Waals surface area (Å²) in [6, 6.07) is 14.0. The molecule has 1 aliphatic heterocycles. The normalized spacial score (nSPS) is 16.7. The molecular formula is C33H40N6O3. The molecule has 0 radical (unpaired) electrons. The van der Waals surface area contributed by atoms with Crippen LogP contribution >= 0.6 is 0 Å². The van der Waals surface area contributed by atoms with Crippen molar-refractivity contribution >= 4 is 28.8 Å². The van der Waals surface area contributed by atoms with Crippen molar-refractivity contribution in [2.75, 3.05) is 18.4 Å². The van der Waals surface area contributed by atoms with Crippen LogP contribution in [0.3, 0.4) is 0 Å². The zero-order valence-electron chi connectivity index (χ0n) is 24.9. The number of anilines is 1. The second-order valence-electron chi connectivity index (χ2n) is 12.1. The highest BCUT2D eigenvalue weighted by molar-refractivity contribution is 6.04.